The molecule has 13 heteroatoms. The summed E-state index contributed by atoms with van der Waals surface area (Å²) in [6.07, 6.45) is 6.22. The van der Waals surface area contributed by atoms with Gasteiger partial charge in [-0.25, -0.2) is 9.97 Å². The van der Waals surface area contributed by atoms with Crippen LogP contribution < -0.4 is 20.3 Å². The molecular formula is C28H34FN7O5. The first-order valence-electron chi connectivity index (χ1n) is 13.8. The summed E-state index contributed by atoms with van der Waals surface area (Å²) in [4.78, 5) is 42.9. The van der Waals surface area contributed by atoms with Crippen molar-refractivity contribution in [2.24, 2.45) is 0 Å². The molecule has 2 fully saturated rings. The fourth-order valence-electron chi connectivity index (χ4n) is 4.73. The molecule has 2 aliphatic heterocycles. The number of aromatic nitrogens is 3. The Morgan fingerprint density at radius 1 is 1.07 bits per heavy atom. The second-order valence-corrected chi connectivity index (χ2v) is 9.87. The Bertz CT molecular complexity index is 1290. The van der Waals surface area contributed by atoms with Crippen molar-refractivity contribution < 1.29 is 27.9 Å². The van der Waals surface area contributed by atoms with Crippen LogP contribution in [0, 0.1) is 0 Å². The van der Waals surface area contributed by atoms with Gasteiger partial charge in [-0.3, -0.25) is 18.9 Å². The number of ether oxygens (including phenoxy) is 2. The second-order valence-electron chi connectivity index (χ2n) is 9.87. The van der Waals surface area contributed by atoms with Crippen LogP contribution in [0.1, 0.15) is 45.7 Å². The topological polar surface area (TPSA) is 135 Å². The lowest BCUT2D eigenvalue weighted by atomic mass is 10.1. The standard InChI is InChI=1S/C28H34FN7O5/c29-7-1-8-30-25(37)22-17-20(18-35-13-15-39-16-14-35)3-4-23(22)33-26(38)24-19-40-28(34-24)36-11-5-21(6-12-36)41-27-31-9-2-10-32-27/h2-4,9-10,17,19,21H,1,5-8,11-16,18H2,(H,30,37)(H,33,38). The van der Waals surface area contributed by atoms with Crippen LogP contribution in [-0.4, -0.2) is 90.4 Å². The number of nitrogens with zero attached hydrogens (tertiary/aromatic N) is 5. The third kappa shape index (κ3) is 7.76. The number of carbonyl (C=O) groups excluding carboxylic acids is 2. The van der Waals surface area contributed by atoms with E-state index < -0.39 is 12.6 Å². The summed E-state index contributed by atoms with van der Waals surface area (Å²) in [6.45, 7) is 4.52. The van der Waals surface area contributed by atoms with Crippen LogP contribution in [0.25, 0.3) is 0 Å². The first kappa shape index (κ1) is 28.4. The molecule has 41 heavy (non-hydrogen) atoms. The number of nitrogens with one attached hydrogen (secondary N) is 2. The van der Waals surface area contributed by atoms with Crippen LogP contribution in [0.2, 0.25) is 0 Å². The quantitative estimate of drug-likeness (QED) is 0.333. The fourth-order valence-corrected chi connectivity index (χ4v) is 4.73. The summed E-state index contributed by atoms with van der Waals surface area (Å²) < 4.78 is 29.5. The van der Waals surface area contributed by atoms with E-state index in [4.69, 9.17) is 13.9 Å². The maximum absolute atomic E-state index is 13.1. The van der Waals surface area contributed by atoms with Gasteiger partial charge in [-0.15, -0.1) is 0 Å². The van der Waals surface area contributed by atoms with Gasteiger partial charge in [0.1, 0.15) is 12.4 Å². The molecule has 1 aromatic carbocycles. The molecule has 4 heterocycles. The minimum Gasteiger partial charge on any atom is -0.460 e. The van der Waals surface area contributed by atoms with Crippen LogP contribution in [0.15, 0.2) is 47.3 Å². The third-order valence-electron chi connectivity index (χ3n) is 6.93. The van der Waals surface area contributed by atoms with Crippen molar-refractivity contribution >= 4 is 23.5 Å². The van der Waals surface area contributed by atoms with E-state index in [2.05, 4.69) is 30.5 Å². The average Bonchev–Trinajstić information content (AvgIpc) is 3.50. The Morgan fingerprint density at radius 3 is 2.61 bits per heavy atom. The molecular weight excluding hydrogens is 533 g/mol. The van der Waals surface area contributed by atoms with E-state index in [1.165, 1.54) is 6.26 Å². The van der Waals surface area contributed by atoms with Gasteiger partial charge in [0, 0.05) is 64.5 Å². The number of halogens is 1. The molecule has 2 saturated heterocycles. The Balaban J connectivity index is 1.22. The Hall–Kier alpha value is -4.10. The molecule has 0 atom stereocenters. The molecule has 2 N–H and O–H groups in total. The zero-order valence-electron chi connectivity index (χ0n) is 22.8. The number of piperidine rings is 1. The smallest absolute Gasteiger partial charge is 0.316 e. The molecule has 3 aromatic rings. The van der Waals surface area contributed by atoms with Gasteiger partial charge in [-0.05, 0) is 30.2 Å². The molecule has 0 aliphatic carbocycles. The first-order valence-corrected chi connectivity index (χ1v) is 13.8. The third-order valence-corrected chi connectivity index (χ3v) is 6.93. The van der Waals surface area contributed by atoms with Crippen molar-refractivity contribution in [3.8, 4) is 6.01 Å². The first-order chi connectivity index (χ1) is 20.1. The van der Waals surface area contributed by atoms with E-state index in [1.807, 2.05) is 11.0 Å². The predicted octanol–water partition coefficient (Wildman–Crippen LogP) is 2.69. The maximum Gasteiger partial charge on any atom is 0.316 e. The van der Waals surface area contributed by atoms with E-state index >= 15 is 0 Å². The maximum atomic E-state index is 13.1. The summed E-state index contributed by atoms with van der Waals surface area (Å²) >= 11 is 0. The van der Waals surface area contributed by atoms with Gasteiger partial charge in [0.25, 0.3) is 17.8 Å². The summed E-state index contributed by atoms with van der Waals surface area (Å²) in [5, 5.41) is 5.52. The van der Waals surface area contributed by atoms with Crippen LogP contribution in [-0.2, 0) is 11.3 Å². The predicted molar refractivity (Wildman–Crippen MR) is 148 cm³/mol. The molecule has 2 amide bonds. The van der Waals surface area contributed by atoms with Gasteiger partial charge in [-0.1, -0.05) is 6.07 Å². The van der Waals surface area contributed by atoms with Gasteiger partial charge in [0.05, 0.1) is 31.1 Å². The van der Waals surface area contributed by atoms with Crippen molar-refractivity contribution in [3.05, 3.63) is 59.7 Å². The molecule has 12 nitrogen and oxygen atoms in total. The summed E-state index contributed by atoms with van der Waals surface area (Å²) in [7, 11) is 0. The van der Waals surface area contributed by atoms with Crippen molar-refractivity contribution in [1.29, 1.82) is 0 Å². The zero-order valence-corrected chi connectivity index (χ0v) is 22.8. The summed E-state index contributed by atoms with van der Waals surface area (Å²) in [5.74, 6) is -0.886. The number of anilines is 2. The van der Waals surface area contributed by atoms with Gasteiger partial charge >= 0.3 is 6.01 Å². The molecule has 2 aromatic heterocycles. The SMILES string of the molecule is O=C(Nc1ccc(CN2CCOCC2)cc1C(=O)NCCCF)c1coc(N2CCC(Oc3ncccn3)CC2)n1. The second kappa shape index (κ2) is 14.0. The molecule has 0 unspecified atom stereocenters. The lowest BCUT2D eigenvalue weighted by Gasteiger charge is -2.30. The fraction of sp³-hybridized carbons (Fsp3) is 0.464. The molecule has 0 saturated carbocycles. The van der Waals surface area contributed by atoms with Crippen LogP contribution >= 0.6 is 0 Å². The molecule has 0 spiro atoms. The lowest BCUT2D eigenvalue weighted by molar-refractivity contribution is 0.0342. The van der Waals surface area contributed by atoms with Crippen molar-refractivity contribution in [3.63, 3.8) is 0 Å². The number of oxazole rings is 1. The average molecular weight is 568 g/mol. The van der Waals surface area contributed by atoms with Gasteiger partial charge in [0.15, 0.2) is 5.69 Å². The molecule has 5 rings (SSSR count). The highest BCUT2D eigenvalue weighted by Gasteiger charge is 2.26. The highest BCUT2D eigenvalue weighted by atomic mass is 19.1. The van der Waals surface area contributed by atoms with E-state index in [1.54, 1.807) is 30.6 Å². The number of rotatable bonds is 11. The minimum atomic E-state index is -0.526. The number of alkyl halides is 1. The van der Waals surface area contributed by atoms with Crippen LogP contribution in [0.5, 0.6) is 6.01 Å². The highest BCUT2D eigenvalue weighted by Crippen LogP contribution is 2.24. The van der Waals surface area contributed by atoms with Crippen LogP contribution in [0.3, 0.4) is 0 Å². The van der Waals surface area contributed by atoms with Crippen molar-refractivity contribution in [1.82, 2.24) is 25.2 Å². The highest BCUT2D eigenvalue weighted by molar-refractivity contribution is 6.08. The Labute approximate surface area is 237 Å². The number of morpholine rings is 1. The zero-order chi connectivity index (χ0) is 28.4. The monoisotopic (exact) mass is 567 g/mol. The summed E-state index contributed by atoms with van der Waals surface area (Å²) in [5.41, 5.74) is 1.66. The lowest BCUT2D eigenvalue weighted by Crippen LogP contribution is -2.38. The molecule has 218 valence electrons. The number of amides is 2. The minimum absolute atomic E-state index is 0.0212. The summed E-state index contributed by atoms with van der Waals surface area (Å²) in [6, 6.07) is 7.78. The van der Waals surface area contributed by atoms with E-state index in [9.17, 15) is 14.0 Å². The number of benzene rings is 1. The van der Waals surface area contributed by atoms with E-state index in [0.717, 1.165) is 31.5 Å². The molecule has 2 aliphatic rings. The normalized spacial score (nSPS) is 16.4. The van der Waals surface area contributed by atoms with Gasteiger partial charge in [0.2, 0.25) is 0 Å². The van der Waals surface area contributed by atoms with Gasteiger partial charge < -0.3 is 29.4 Å². The van der Waals surface area contributed by atoms with E-state index in [-0.39, 0.29) is 30.7 Å². The number of hydrogen-bond acceptors (Lipinski definition) is 10. The Kier molecular flexibility index (Phi) is 9.70. The number of hydrogen-bond donors (Lipinski definition) is 2. The van der Waals surface area contributed by atoms with Crippen LogP contribution in [0.4, 0.5) is 16.1 Å². The van der Waals surface area contributed by atoms with Gasteiger partial charge in [-0.2, -0.15) is 4.98 Å². The molecule has 0 radical (unpaired) electrons. The molecule has 0 bridgehead atoms. The van der Waals surface area contributed by atoms with Crippen molar-refractivity contribution in [2.75, 3.05) is 62.8 Å². The van der Waals surface area contributed by atoms with E-state index in [0.29, 0.717) is 56.1 Å². The van der Waals surface area contributed by atoms with Crippen molar-refractivity contribution in [2.45, 2.75) is 31.9 Å². The largest absolute Gasteiger partial charge is 0.460 e. The Morgan fingerprint density at radius 2 is 1.85 bits per heavy atom. The number of carbonyl (C=O) groups is 2.